The van der Waals surface area contributed by atoms with Crippen LogP contribution in [0.1, 0.15) is 25.5 Å². The minimum atomic E-state index is 0.687. The van der Waals surface area contributed by atoms with Gasteiger partial charge in [-0.1, -0.05) is 0 Å². The van der Waals surface area contributed by atoms with Gasteiger partial charge in [-0.15, -0.1) is 0 Å². The summed E-state index contributed by atoms with van der Waals surface area (Å²) in [7, 11) is 0. The summed E-state index contributed by atoms with van der Waals surface area (Å²) in [5.74, 6) is 0.687. The molecule has 16 heavy (non-hydrogen) atoms. The second-order valence-electron chi connectivity index (χ2n) is 4.65. The molecule has 0 aromatic carbocycles. The molecule has 1 aliphatic heterocycles. The van der Waals surface area contributed by atoms with Crippen LogP contribution in [-0.2, 0) is 13.1 Å². The second-order valence-corrected chi connectivity index (χ2v) is 4.65. The summed E-state index contributed by atoms with van der Waals surface area (Å²) < 4.78 is 2.21. The monoisotopic (exact) mass is 222 g/mol. The zero-order valence-corrected chi connectivity index (χ0v) is 10.1. The quantitative estimate of drug-likeness (QED) is 0.829. The van der Waals surface area contributed by atoms with Crippen molar-refractivity contribution in [2.75, 3.05) is 19.6 Å². The van der Waals surface area contributed by atoms with E-state index in [4.69, 9.17) is 5.73 Å². The van der Waals surface area contributed by atoms with Gasteiger partial charge in [0.2, 0.25) is 0 Å². The SMILES string of the molecule is CCn1cncc1CN1CCCC(CN)C1. The molecular weight excluding hydrogens is 200 g/mol. The van der Waals surface area contributed by atoms with Crippen LogP contribution in [0.15, 0.2) is 12.5 Å². The third-order valence-electron chi connectivity index (χ3n) is 3.46. The Morgan fingerprint density at radius 3 is 3.19 bits per heavy atom. The molecule has 2 heterocycles. The molecule has 1 aromatic rings. The van der Waals surface area contributed by atoms with Crippen molar-refractivity contribution in [3.05, 3.63) is 18.2 Å². The molecule has 2 rings (SSSR count). The van der Waals surface area contributed by atoms with Gasteiger partial charge in [-0.25, -0.2) is 4.98 Å². The van der Waals surface area contributed by atoms with E-state index in [0.29, 0.717) is 5.92 Å². The van der Waals surface area contributed by atoms with E-state index in [0.717, 1.165) is 26.2 Å². The van der Waals surface area contributed by atoms with E-state index in [1.54, 1.807) is 0 Å². The van der Waals surface area contributed by atoms with Crippen LogP contribution in [0.2, 0.25) is 0 Å². The van der Waals surface area contributed by atoms with Crippen LogP contribution in [0, 0.1) is 5.92 Å². The Labute approximate surface area is 97.4 Å². The molecule has 0 amide bonds. The first-order valence-electron chi connectivity index (χ1n) is 6.25. The lowest BCUT2D eigenvalue weighted by molar-refractivity contribution is 0.167. The van der Waals surface area contributed by atoms with Crippen molar-refractivity contribution >= 4 is 0 Å². The molecule has 0 aliphatic carbocycles. The predicted molar refractivity (Wildman–Crippen MR) is 65.0 cm³/mol. The number of piperidine rings is 1. The van der Waals surface area contributed by atoms with Crippen molar-refractivity contribution in [2.45, 2.75) is 32.9 Å². The lowest BCUT2D eigenvalue weighted by Crippen LogP contribution is -2.38. The minimum absolute atomic E-state index is 0.687. The highest BCUT2D eigenvalue weighted by molar-refractivity contribution is 4.98. The van der Waals surface area contributed by atoms with Crippen molar-refractivity contribution in [1.82, 2.24) is 14.5 Å². The zero-order valence-electron chi connectivity index (χ0n) is 10.1. The second kappa shape index (κ2) is 5.46. The van der Waals surface area contributed by atoms with E-state index in [1.165, 1.54) is 25.1 Å². The molecular formula is C12H22N4. The van der Waals surface area contributed by atoms with Gasteiger partial charge in [0.1, 0.15) is 0 Å². The Bertz CT molecular complexity index is 321. The molecule has 4 heteroatoms. The molecule has 1 saturated heterocycles. The molecule has 2 N–H and O–H groups in total. The number of imidazole rings is 1. The zero-order chi connectivity index (χ0) is 11.4. The number of likely N-dealkylation sites (tertiary alicyclic amines) is 1. The molecule has 0 bridgehead atoms. The third-order valence-corrected chi connectivity index (χ3v) is 3.46. The van der Waals surface area contributed by atoms with Crippen LogP contribution >= 0.6 is 0 Å². The largest absolute Gasteiger partial charge is 0.334 e. The fourth-order valence-electron chi connectivity index (χ4n) is 2.48. The molecule has 1 unspecified atom stereocenters. The standard InChI is InChI=1S/C12H22N4/c1-2-16-10-14-7-12(16)9-15-5-3-4-11(6-13)8-15/h7,10-11H,2-6,8-9,13H2,1H3. The normalized spacial score (nSPS) is 22.5. The number of aryl methyl sites for hydroxylation is 1. The lowest BCUT2D eigenvalue weighted by atomic mass is 9.98. The van der Waals surface area contributed by atoms with Crippen LogP contribution in [0.5, 0.6) is 0 Å². The molecule has 4 nitrogen and oxygen atoms in total. The highest BCUT2D eigenvalue weighted by Crippen LogP contribution is 2.17. The Morgan fingerprint density at radius 1 is 1.56 bits per heavy atom. The van der Waals surface area contributed by atoms with E-state index in [9.17, 15) is 0 Å². The predicted octanol–water partition coefficient (Wildman–Crippen LogP) is 1.07. The van der Waals surface area contributed by atoms with Crippen molar-refractivity contribution in [3.63, 3.8) is 0 Å². The van der Waals surface area contributed by atoms with Gasteiger partial charge in [0.05, 0.1) is 12.0 Å². The molecule has 0 spiro atoms. The first-order valence-corrected chi connectivity index (χ1v) is 6.25. The number of nitrogens with zero attached hydrogens (tertiary/aromatic N) is 3. The number of aromatic nitrogens is 2. The maximum atomic E-state index is 5.75. The van der Waals surface area contributed by atoms with Gasteiger partial charge in [0, 0.05) is 25.8 Å². The summed E-state index contributed by atoms with van der Waals surface area (Å²) >= 11 is 0. The third kappa shape index (κ3) is 2.62. The van der Waals surface area contributed by atoms with Gasteiger partial charge in [-0.05, 0) is 38.8 Å². The van der Waals surface area contributed by atoms with Gasteiger partial charge < -0.3 is 10.3 Å². The lowest BCUT2D eigenvalue weighted by Gasteiger charge is -2.32. The number of hydrogen-bond donors (Lipinski definition) is 1. The van der Waals surface area contributed by atoms with Gasteiger partial charge >= 0.3 is 0 Å². The maximum absolute atomic E-state index is 5.75. The molecule has 1 atom stereocenters. The van der Waals surface area contributed by atoms with Gasteiger partial charge in [-0.2, -0.15) is 0 Å². The topological polar surface area (TPSA) is 47.1 Å². The van der Waals surface area contributed by atoms with Crippen LogP contribution in [0.3, 0.4) is 0 Å². The van der Waals surface area contributed by atoms with Gasteiger partial charge in [0.15, 0.2) is 0 Å². The van der Waals surface area contributed by atoms with Crippen LogP contribution in [-0.4, -0.2) is 34.1 Å². The molecule has 1 fully saturated rings. The first-order chi connectivity index (χ1) is 7.83. The summed E-state index contributed by atoms with van der Waals surface area (Å²) in [6.45, 7) is 7.35. The molecule has 0 radical (unpaired) electrons. The Balaban J connectivity index is 1.93. The first kappa shape index (κ1) is 11.6. The molecule has 1 aromatic heterocycles. The average Bonchev–Trinajstić information content (AvgIpc) is 2.76. The Hall–Kier alpha value is -0.870. The van der Waals surface area contributed by atoms with E-state index in [-0.39, 0.29) is 0 Å². The van der Waals surface area contributed by atoms with Crippen molar-refractivity contribution < 1.29 is 0 Å². The van der Waals surface area contributed by atoms with Crippen molar-refractivity contribution in [1.29, 1.82) is 0 Å². The minimum Gasteiger partial charge on any atom is -0.334 e. The van der Waals surface area contributed by atoms with Gasteiger partial charge in [0.25, 0.3) is 0 Å². The van der Waals surface area contributed by atoms with Crippen molar-refractivity contribution in [3.8, 4) is 0 Å². The highest BCUT2D eigenvalue weighted by atomic mass is 15.2. The fourth-order valence-corrected chi connectivity index (χ4v) is 2.48. The van der Waals surface area contributed by atoms with E-state index in [1.807, 2.05) is 12.5 Å². The van der Waals surface area contributed by atoms with Crippen molar-refractivity contribution in [2.24, 2.45) is 11.7 Å². The van der Waals surface area contributed by atoms with Gasteiger partial charge in [-0.3, -0.25) is 4.90 Å². The maximum Gasteiger partial charge on any atom is 0.0948 e. The molecule has 0 saturated carbocycles. The Kier molecular flexibility index (Phi) is 3.96. The summed E-state index contributed by atoms with van der Waals surface area (Å²) in [5.41, 5.74) is 7.07. The summed E-state index contributed by atoms with van der Waals surface area (Å²) in [5, 5.41) is 0. The van der Waals surface area contributed by atoms with E-state index in [2.05, 4.69) is 21.4 Å². The number of nitrogens with two attached hydrogens (primary N) is 1. The number of rotatable bonds is 4. The molecule has 1 aliphatic rings. The summed E-state index contributed by atoms with van der Waals surface area (Å²) in [6, 6.07) is 0. The van der Waals surface area contributed by atoms with Crippen LogP contribution < -0.4 is 5.73 Å². The van der Waals surface area contributed by atoms with E-state index >= 15 is 0 Å². The Morgan fingerprint density at radius 2 is 2.44 bits per heavy atom. The average molecular weight is 222 g/mol. The van der Waals surface area contributed by atoms with E-state index < -0.39 is 0 Å². The molecule has 90 valence electrons. The smallest absolute Gasteiger partial charge is 0.0948 e. The van der Waals surface area contributed by atoms with Crippen LogP contribution in [0.4, 0.5) is 0 Å². The fraction of sp³-hybridized carbons (Fsp3) is 0.750. The van der Waals surface area contributed by atoms with Crippen LogP contribution in [0.25, 0.3) is 0 Å². The highest BCUT2D eigenvalue weighted by Gasteiger charge is 2.19. The summed E-state index contributed by atoms with van der Waals surface area (Å²) in [6.07, 6.45) is 6.47. The summed E-state index contributed by atoms with van der Waals surface area (Å²) in [4.78, 5) is 6.71. The number of hydrogen-bond acceptors (Lipinski definition) is 3.